The van der Waals surface area contributed by atoms with Crippen molar-refractivity contribution in [3.63, 3.8) is 0 Å². The van der Waals surface area contributed by atoms with Gasteiger partial charge in [-0.2, -0.15) is 0 Å². The molecule has 0 saturated heterocycles. The fourth-order valence-electron chi connectivity index (χ4n) is 2.60. The molecule has 0 spiro atoms. The molecule has 108 valence electrons. The molecule has 1 fully saturated rings. The van der Waals surface area contributed by atoms with E-state index in [4.69, 9.17) is 5.73 Å². The monoisotopic (exact) mass is 292 g/mol. The van der Waals surface area contributed by atoms with Crippen molar-refractivity contribution in [3.8, 4) is 11.8 Å². The quantitative estimate of drug-likeness (QED) is 0.828. The predicted molar refractivity (Wildman–Crippen MR) is 80.6 cm³/mol. The van der Waals surface area contributed by atoms with Gasteiger partial charge in [0.1, 0.15) is 4.88 Å². The average molecular weight is 292 g/mol. The number of nitrogens with two attached hydrogens (primary N) is 1. The first-order chi connectivity index (χ1) is 9.56. The summed E-state index contributed by atoms with van der Waals surface area (Å²) in [6.45, 7) is 0.659. The minimum absolute atomic E-state index is 0.0818. The first-order valence-corrected chi connectivity index (χ1v) is 7.68. The molecule has 0 atom stereocenters. The lowest BCUT2D eigenvalue weighted by molar-refractivity contribution is 0.0158. The zero-order chi connectivity index (χ0) is 14.6. The van der Waals surface area contributed by atoms with E-state index in [1.165, 1.54) is 11.3 Å². The summed E-state index contributed by atoms with van der Waals surface area (Å²) in [5, 5.41) is 12.2. The molecule has 1 aromatic rings. The molecular weight excluding hydrogens is 272 g/mol. The third-order valence-corrected chi connectivity index (χ3v) is 4.50. The topological polar surface area (TPSA) is 66.6 Å². The highest BCUT2D eigenvalue weighted by Crippen LogP contribution is 2.30. The summed E-state index contributed by atoms with van der Waals surface area (Å²) in [5.41, 5.74) is 5.36. The minimum atomic E-state index is -0.717. The Morgan fingerprint density at radius 2 is 2.25 bits per heavy atom. The van der Waals surface area contributed by atoms with E-state index in [9.17, 15) is 9.90 Å². The first kappa shape index (κ1) is 15.0. The molecule has 1 aliphatic rings. The Balaban J connectivity index is 2.09. The lowest BCUT2D eigenvalue weighted by atomic mass is 10.0. The fraction of sp³-hybridized carbons (Fsp3) is 0.533. The molecule has 0 radical (unpaired) electrons. The number of nitrogens with zero attached hydrogens (tertiary/aromatic N) is 1. The third kappa shape index (κ3) is 3.40. The number of likely N-dealkylation sites (N-methyl/N-ethyl adjacent to an activating group) is 1. The van der Waals surface area contributed by atoms with Crippen LogP contribution >= 0.6 is 11.3 Å². The zero-order valence-electron chi connectivity index (χ0n) is 11.7. The molecule has 0 aliphatic heterocycles. The van der Waals surface area contributed by atoms with Gasteiger partial charge in [0.25, 0.3) is 5.91 Å². The van der Waals surface area contributed by atoms with Gasteiger partial charge in [0.2, 0.25) is 0 Å². The normalized spacial score (nSPS) is 16.6. The van der Waals surface area contributed by atoms with Gasteiger partial charge in [-0.05, 0) is 24.3 Å². The van der Waals surface area contributed by atoms with Gasteiger partial charge < -0.3 is 15.7 Å². The second kappa shape index (κ2) is 6.40. The molecule has 1 aromatic heterocycles. The second-order valence-corrected chi connectivity index (χ2v) is 6.18. The molecule has 0 aromatic carbocycles. The van der Waals surface area contributed by atoms with Gasteiger partial charge in [-0.1, -0.05) is 24.7 Å². The first-order valence-electron chi connectivity index (χ1n) is 6.80. The molecule has 1 heterocycles. The van der Waals surface area contributed by atoms with Crippen LogP contribution in [0, 0.1) is 11.8 Å². The molecule has 1 amide bonds. The van der Waals surface area contributed by atoms with Crippen molar-refractivity contribution in [3.05, 3.63) is 21.9 Å². The summed E-state index contributed by atoms with van der Waals surface area (Å²) < 4.78 is 0. The second-order valence-electron chi connectivity index (χ2n) is 5.26. The summed E-state index contributed by atoms with van der Waals surface area (Å²) in [6.07, 6.45) is 3.61. The summed E-state index contributed by atoms with van der Waals surface area (Å²) in [5.74, 6) is 5.61. The van der Waals surface area contributed by atoms with Crippen molar-refractivity contribution in [1.29, 1.82) is 0 Å². The molecule has 1 aliphatic carbocycles. The lowest BCUT2D eigenvalue weighted by Gasteiger charge is -2.28. The van der Waals surface area contributed by atoms with Crippen LogP contribution in [0.2, 0.25) is 0 Å². The Kier molecular flexibility index (Phi) is 4.81. The number of carbonyl (C=O) groups excluding carboxylic acids is 1. The van der Waals surface area contributed by atoms with Crippen LogP contribution < -0.4 is 5.73 Å². The van der Waals surface area contributed by atoms with E-state index < -0.39 is 5.60 Å². The Morgan fingerprint density at radius 1 is 1.55 bits per heavy atom. The highest BCUT2D eigenvalue weighted by molar-refractivity contribution is 7.12. The summed E-state index contributed by atoms with van der Waals surface area (Å²) in [6, 6.07) is 1.83. The van der Waals surface area contributed by atoms with Crippen LogP contribution in [0.5, 0.6) is 0 Å². The predicted octanol–water partition coefficient (Wildman–Crippen LogP) is 1.44. The van der Waals surface area contributed by atoms with Crippen LogP contribution in [-0.2, 0) is 0 Å². The largest absolute Gasteiger partial charge is 0.388 e. The van der Waals surface area contributed by atoms with Crippen molar-refractivity contribution in [1.82, 2.24) is 4.90 Å². The molecule has 4 nitrogen and oxygen atoms in total. The number of rotatable bonds is 3. The minimum Gasteiger partial charge on any atom is -0.388 e. The number of thiophene rings is 1. The maximum atomic E-state index is 12.4. The molecule has 2 rings (SSSR count). The smallest absolute Gasteiger partial charge is 0.265 e. The van der Waals surface area contributed by atoms with Crippen LogP contribution in [0.15, 0.2) is 11.4 Å². The standard InChI is InChI=1S/C15H20N2O2S/c1-17(11-15(19)7-2-3-8-15)14(18)13-12(5-4-9-16)6-10-20-13/h6,10,19H,2-3,7-9,11,16H2,1H3. The lowest BCUT2D eigenvalue weighted by Crippen LogP contribution is -2.42. The Hall–Kier alpha value is -1.35. The zero-order valence-corrected chi connectivity index (χ0v) is 12.5. The van der Waals surface area contributed by atoms with Gasteiger partial charge >= 0.3 is 0 Å². The van der Waals surface area contributed by atoms with E-state index in [0.29, 0.717) is 11.4 Å². The number of hydrogen-bond donors (Lipinski definition) is 2. The van der Waals surface area contributed by atoms with Crippen LogP contribution in [0.1, 0.15) is 40.9 Å². The molecular formula is C15H20N2O2S. The number of amides is 1. The van der Waals surface area contributed by atoms with Gasteiger partial charge in [-0.3, -0.25) is 4.79 Å². The van der Waals surface area contributed by atoms with Crippen LogP contribution in [0.3, 0.4) is 0 Å². The van der Waals surface area contributed by atoms with E-state index >= 15 is 0 Å². The van der Waals surface area contributed by atoms with Crippen LogP contribution in [0.4, 0.5) is 0 Å². The summed E-state index contributed by atoms with van der Waals surface area (Å²) in [4.78, 5) is 14.7. The number of aliphatic hydroxyl groups is 1. The number of carbonyl (C=O) groups is 1. The van der Waals surface area contributed by atoms with Crippen molar-refractivity contribution in [2.75, 3.05) is 20.1 Å². The Labute approximate surface area is 123 Å². The van der Waals surface area contributed by atoms with Gasteiger partial charge in [-0.25, -0.2) is 0 Å². The van der Waals surface area contributed by atoms with E-state index in [2.05, 4.69) is 11.8 Å². The Bertz CT molecular complexity index is 536. The molecule has 1 saturated carbocycles. The molecule has 0 bridgehead atoms. The van der Waals surface area contributed by atoms with Crippen molar-refractivity contribution >= 4 is 17.2 Å². The van der Waals surface area contributed by atoms with Crippen LogP contribution in [-0.4, -0.2) is 41.7 Å². The molecule has 0 unspecified atom stereocenters. The number of hydrogen-bond acceptors (Lipinski definition) is 4. The fourth-order valence-corrected chi connectivity index (χ4v) is 3.44. The average Bonchev–Trinajstić information content (AvgIpc) is 3.04. The molecule has 3 N–H and O–H groups in total. The van der Waals surface area contributed by atoms with E-state index in [1.54, 1.807) is 11.9 Å². The van der Waals surface area contributed by atoms with E-state index in [-0.39, 0.29) is 12.5 Å². The van der Waals surface area contributed by atoms with E-state index in [0.717, 1.165) is 31.2 Å². The van der Waals surface area contributed by atoms with Crippen molar-refractivity contribution in [2.45, 2.75) is 31.3 Å². The molecule has 5 heteroatoms. The van der Waals surface area contributed by atoms with Crippen molar-refractivity contribution in [2.24, 2.45) is 5.73 Å². The van der Waals surface area contributed by atoms with E-state index in [1.807, 2.05) is 11.4 Å². The van der Waals surface area contributed by atoms with Crippen LogP contribution in [0.25, 0.3) is 0 Å². The van der Waals surface area contributed by atoms with Crippen molar-refractivity contribution < 1.29 is 9.90 Å². The van der Waals surface area contributed by atoms with Gasteiger partial charge in [-0.15, -0.1) is 11.3 Å². The highest BCUT2D eigenvalue weighted by Gasteiger charge is 2.34. The summed E-state index contributed by atoms with van der Waals surface area (Å²) in [7, 11) is 1.73. The highest BCUT2D eigenvalue weighted by atomic mass is 32.1. The summed E-state index contributed by atoms with van der Waals surface area (Å²) >= 11 is 1.38. The van der Waals surface area contributed by atoms with Gasteiger partial charge in [0.05, 0.1) is 12.1 Å². The maximum absolute atomic E-state index is 12.4. The SMILES string of the molecule is CN(CC1(O)CCCC1)C(=O)c1sccc1C#CCN. The Morgan fingerprint density at radius 3 is 2.90 bits per heavy atom. The molecule has 20 heavy (non-hydrogen) atoms. The van der Waals surface area contributed by atoms with Gasteiger partial charge in [0, 0.05) is 19.2 Å². The maximum Gasteiger partial charge on any atom is 0.265 e. The van der Waals surface area contributed by atoms with Gasteiger partial charge in [0.15, 0.2) is 0 Å². The third-order valence-electron chi connectivity index (χ3n) is 3.60.